The Labute approximate surface area is 174 Å². The summed E-state index contributed by atoms with van der Waals surface area (Å²) in [6.45, 7) is 12.3. The molecular weight excluding hydrogens is 362 g/mol. The van der Waals surface area contributed by atoms with Crippen molar-refractivity contribution in [2.24, 2.45) is 4.99 Å². The van der Waals surface area contributed by atoms with Crippen LogP contribution < -0.4 is 10.6 Å². The number of hydrogen-bond acceptors (Lipinski definition) is 4. The van der Waals surface area contributed by atoms with Gasteiger partial charge in [0.05, 0.1) is 12.7 Å². The highest BCUT2D eigenvalue weighted by molar-refractivity contribution is 5.79. The molecule has 158 valence electrons. The van der Waals surface area contributed by atoms with Crippen LogP contribution in [0.15, 0.2) is 39.9 Å². The molecule has 2 heterocycles. The van der Waals surface area contributed by atoms with Crippen molar-refractivity contribution in [2.45, 2.75) is 65.1 Å². The van der Waals surface area contributed by atoms with Crippen LogP contribution in [0.4, 0.5) is 0 Å². The summed E-state index contributed by atoms with van der Waals surface area (Å²) in [4.78, 5) is 11.3. The number of aryl methyl sites for hydroxylation is 1. The molecule has 0 bridgehead atoms. The molecule has 1 fully saturated rings. The number of rotatable bonds is 5. The first kappa shape index (κ1) is 21.4. The molecule has 2 aromatic rings. The van der Waals surface area contributed by atoms with Crippen LogP contribution >= 0.6 is 0 Å². The first-order valence-electron chi connectivity index (χ1n) is 10.5. The van der Waals surface area contributed by atoms with Gasteiger partial charge in [-0.15, -0.1) is 0 Å². The fourth-order valence-corrected chi connectivity index (χ4v) is 3.59. The SMILES string of the molecule is CN=C(NCc1ncc(C(C)(C)C)o1)NC1CCN(Cc2cccc(C)c2)CC1. The average Bonchev–Trinajstić information content (AvgIpc) is 3.16. The minimum absolute atomic E-state index is 0.0302. The minimum Gasteiger partial charge on any atom is -0.443 e. The maximum Gasteiger partial charge on any atom is 0.213 e. The van der Waals surface area contributed by atoms with Crippen molar-refractivity contribution in [2.75, 3.05) is 20.1 Å². The highest BCUT2D eigenvalue weighted by atomic mass is 16.4. The summed E-state index contributed by atoms with van der Waals surface area (Å²) in [5.74, 6) is 2.39. The second-order valence-corrected chi connectivity index (χ2v) is 8.98. The van der Waals surface area contributed by atoms with Gasteiger partial charge in [0, 0.05) is 38.1 Å². The van der Waals surface area contributed by atoms with Gasteiger partial charge < -0.3 is 15.1 Å². The second-order valence-electron chi connectivity index (χ2n) is 8.98. The quantitative estimate of drug-likeness (QED) is 0.596. The van der Waals surface area contributed by atoms with Crippen LogP contribution in [0.5, 0.6) is 0 Å². The van der Waals surface area contributed by atoms with Crippen molar-refractivity contribution in [1.29, 1.82) is 0 Å². The third kappa shape index (κ3) is 6.32. The summed E-state index contributed by atoms with van der Waals surface area (Å²) in [5, 5.41) is 6.87. The summed E-state index contributed by atoms with van der Waals surface area (Å²) in [6.07, 6.45) is 4.04. The number of piperidine rings is 1. The van der Waals surface area contributed by atoms with Crippen LogP contribution in [0.1, 0.15) is 56.4 Å². The van der Waals surface area contributed by atoms with Gasteiger partial charge in [-0.1, -0.05) is 50.6 Å². The van der Waals surface area contributed by atoms with Gasteiger partial charge in [-0.3, -0.25) is 9.89 Å². The van der Waals surface area contributed by atoms with E-state index >= 15 is 0 Å². The summed E-state index contributed by atoms with van der Waals surface area (Å²) >= 11 is 0. The molecule has 0 amide bonds. The Morgan fingerprint density at radius 1 is 1.28 bits per heavy atom. The Morgan fingerprint density at radius 2 is 2.03 bits per heavy atom. The largest absolute Gasteiger partial charge is 0.443 e. The summed E-state index contributed by atoms with van der Waals surface area (Å²) < 4.78 is 5.85. The average molecular weight is 398 g/mol. The fourth-order valence-electron chi connectivity index (χ4n) is 3.59. The molecule has 3 rings (SSSR count). The van der Waals surface area contributed by atoms with E-state index in [0.717, 1.165) is 44.2 Å². The Hall–Kier alpha value is -2.34. The van der Waals surface area contributed by atoms with E-state index in [4.69, 9.17) is 4.42 Å². The van der Waals surface area contributed by atoms with Crippen LogP contribution in [-0.4, -0.2) is 42.0 Å². The molecule has 6 nitrogen and oxygen atoms in total. The van der Waals surface area contributed by atoms with Gasteiger partial charge in [-0.2, -0.15) is 0 Å². The molecule has 1 aromatic carbocycles. The van der Waals surface area contributed by atoms with Gasteiger partial charge in [0.1, 0.15) is 5.76 Å². The molecule has 2 N–H and O–H groups in total. The fraction of sp³-hybridized carbons (Fsp3) is 0.565. The predicted octanol–water partition coefficient (Wildman–Crippen LogP) is 3.61. The standard InChI is InChI=1S/C23H35N5O/c1-17-7-6-8-18(13-17)16-28-11-9-19(10-12-28)27-22(24-5)26-15-21-25-14-20(29-21)23(2,3)4/h6-8,13-14,19H,9-12,15-16H2,1-5H3,(H2,24,26,27). The Balaban J connectivity index is 1.43. The minimum atomic E-state index is -0.0302. The summed E-state index contributed by atoms with van der Waals surface area (Å²) in [6, 6.07) is 9.23. The van der Waals surface area contributed by atoms with Gasteiger partial charge in [-0.25, -0.2) is 4.98 Å². The molecule has 0 saturated carbocycles. The Kier molecular flexibility index (Phi) is 6.96. The van der Waals surface area contributed by atoms with E-state index in [1.807, 2.05) is 6.20 Å². The smallest absolute Gasteiger partial charge is 0.213 e. The van der Waals surface area contributed by atoms with Gasteiger partial charge in [0.15, 0.2) is 5.96 Å². The highest BCUT2D eigenvalue weighted by Crippen LogP contribution is 2.22. The second kappa shape index (κ2) is 9.44. The van der Waals surface area contributed by atoms with Crippen LogP contribution in [0.2, 0.25) is 0 Å². The Bertz CT molecular complexity index is 813. The number of oxazole rings is 1. The van der Waals surface area contributed by atoms with E-state index < -0.39 is 0 Å². The van der Waals surface area contributed by atoms with Gasteiger partial charge >= 0.3 is 0 Å². The molecule has 1 aliphatic heterocycles. The van der Waals surface area contributed by atoms with Crippen molar-refractivity contribution in [3.05, 3.63) is 53.2 Å². The number of nitrogens with zero attached hydrogens (tertiary/aromatic N) is 3. The van der Waals surface area contributed by atoms with Crippen molar-refractivity contribution in [3.63, 3.8) is 0 Å². The molecule has 6 heteroatoms. The van der Waals surface area contributed by atoms with E-state index in [0.29, 0.717) is 18.5 Å². The molecule has 1 saturated heterocycles. The normalized spacial score (nSPS) is 16.8. The number of hydrogen-bond donors (Lipinski definition) is 2. The molecule has 0 radical (unpaired) electrons. The van der Waals surface area contributed by atoms with Crippen LogP contribution in [0.25, 0.3) is 0 Å². The maximum absolute atomic E-state index is 5.85. The van der Waals surface area contributed by atoms with E-state index in [1.54, 1.807) is 7.05 Å². The Morgan fingerprint density at radius 3 is 2.66 bits per heavy atom. The zero-order valence-corrected chi connectivity index (χ0v) is 18.5. The van der Waals surface area contributed by atoms with Gasteiger partial charge in [-0.05, 0) is 25.3 Å². The number of nitrogens with one attached hydrogen (secondary N) is 2. The number of guanidine groups is 1. The predicted molar refractivity (Wildman–Crippen MR) is 118 cm³/mol. The van der Waals surface area contributed by atoms with Crippen LogP contribution in [0, 0.1) is 6.92 Å². The molecule has 0 atom stereocenters. The number of benzene rings is 1. The van der Waals surface area contributed by atoms with Crippen molar-refractivity contribution in [1.82, 2.24) is 20.5 Å². The van der Waals surface area contributed by atoms with Gasteiger partial charge in [0.25, 0.3) is 0 Å². The molecule has 1 aromatic heterocycles. The third-order valence-corrected chi connectivity index (χ3v) is 5.34. The van der Waals surface area contributed by atoms with Crippen LogP contribution in [0.3, 0.4) is 0 Å². The zero-order valence-electron chi connectivity index (χ0n) is 18.5. The molecule has 29 heavy (non-hydrogen) atoms. The third-order valence-electron chi connectivity index (χ3n) is 5.34. The first-order chi connectivity index (χ1) is 13.8. The highest BCUT2D eigenvalue weighted by Gasteiger charge is 2.21. The summed E-state index contributed by atoms with van der Waals surface area (Å²) in [7, 11) is 1.80. The van der Waals surface area contributed by atoms with E-state index in [1.165, 1.54) is 11.1 Å². The lowest BCUT2D eigenvalue weighted by atomic mass is 9.94. The summed E-state index contributed by atoms with van der Waals surface area (Å²) in [5.41, 5.74) is 2.70. The monoisotopic (exact) mass is 397 g/mol. The zero-order chi connectivity index (χ0) is 20.9. The first-order valence-corrected chi connectivity index (χ1v) is 10.5. The van der Waals surface area contributed by atoms with Crippen LogP contribution in [-0.2, 0) is 18.5 Å². The van der Waals surface area contributed by atoms with Crippen molar-refractivity contribution < 1.29 is 4.42 Å². The molecule has 0 spiro atoms. The van der Waals surface area contributed by atoms with Crippen molar-refractivity contribution >= 4 is 5.96 Å². The topological polar surface area (TPSA) is 65.7 Å². The van der Waals surface area contributed by atoms with E-state index in [2.05, 4.69) is 77.5 Å². The number of likely N-dealkylation sites (tertiary alicyclic amines) is 1. The molecular formula is C23H35N5O. The number of aliphatic imine (C=N–C) groups is 1. The molecule has 0 unspecified atom stereocenters. The lowest BCUT2D eigenvalue weighted by molar-refractivity contribution is 0.198. The lowest BCUT2D eigenvalue weighted by Gasteiger charge is -2.33. The number of aromatic nitrogens is 1. The lowest BCUT2D eigenvalue weighted by Crippen LogP contribution is -2.48. The van der Waals surface area contributed by atoms with Crippen molar-refractivity contribution in [3.8, 4) is 0 Å². The van der Waals surface area contributed by atoms with E-state index in [-0.39, 0.29) is 5.41 Å². The maximum atomic E-state index is 5.85. The van der Waals surface area contributed by atoms with Gasteiger partial charge in [0.2, 0.25) is 5.89 Å². The van der Waals surface area contributed by atoms with E-state index in [9.17, 15) is 0 Å². The molecule has 1 aliphatic rings. The molecule has 0 aliphatic carbocycles.